The maximum absolute atomic E-state index is 13.3. The van der Waals surface area contributed by atoms with E-state index in [9.17, 15) is 23.2 Å². The molecule has 0 bridgehead atoms. The Hall–Kier alpha value is -5.11. The van der Waals surface area contributed by atoms with Crippen LogP contribution < -0.4 is 15.8 Å². The molecule has 1 atom stereocenters. The van der Waals surface area contributed by atoms with Gasteiger partial charge in [-0.1, -0.05) is 0 Å². The van der Waals surface area contributed by atoms with Crippen molar-refractivity contribution in [2.45, 2.75) is 32.4 Å². The Labute approximate surface area is 251 Å². The van der Waals surface area contributed by atoms with Gasteiger partial charge in [-0.3, -0.25) is 18.8 Å². The number of aliphatic carboxylic acids is 1. The Balaban J connectivity index is 1.23. The van der Waals surface area contributed by atoms with Crippen molar-refractivity contribution < 1.29 is 33.0 Å². The molecule has 1 unspecified atom stereocenters. The lowest BCUT2D eigenvalue weighted by molar-refractivity contribution is -0.139. The Morgan fingerprint density at radius 2 is 1.75 bits per heavy atom. The molecule has 2 aromatic carbocycles. The number of rotatable bonds is 10. The van der Waals surface area contributed by atoms with Crippen molar-refractivity contribution in [3.8, 4) is 17.0 Å². The number of piperazine rings is 1. The molecule has 12 nitrogen and oxygen atoms in total. The Morgan fingerprint density at radius 3 is 2.41 bits per heavy atom. The number of alkyl halides is 2. The van der Waals surface area contributed by atoms with Crippen LogP contribution >= 0.6 is 0 Å². The van der Waals surface area contributed by atoms with Crippen molar-refractivity contribution in [3.05, 3.63) is 72.2 Å². The highest BCUT2D eigenvalue weighted by Gasteiger charge is 2.26. The molecule has 44 heavy (non-hydrogen) atoms. The third-order valence-electron chi connectivity index (χ3n) is 7.43. The summed E-state index contributed by atoms with van der Waals surface area (Å²) in [5, 5.41) is 12.2. The summed E-state index contributed by atoms with van der Waals surface area (Å²) in [5.74, 6) is -0.908. The van der Waals surface area contributed by atoms with E-state index >= 15 is 0 Å². The SMILES string of the molecule is Cc1cc(Nc2nccn3c(-c4ccc(OC(F)F)cc4)cnc23)ccc1C(=O)N1CCN(C(=O)CCC(N)C(=O)O)CC1. The Morgan fingerprint density at radius 1 is 1.05 bits per heavy atom. The molecule has 4 aromatic rings. The number of halogens is 2. The number of fused-ring (bicyclic) bond motifs is 1. The molecule has 230 valence electrons. The number of benzene rings is 2. The van der Waals surface area contributed by atoms with Gasteiger partial charge in [-0.05, 0) is 61.4 Å². The molecular formula is C30H31F2N7O5. The number of carboxylic acid groups (broad SMARTS) is 1. The van der Waals surface area contributed by atoms with Crippen LogP contribution in [0.5, 0.6) is 5.75 Å². The van der Waals surface area contributed by atoms with E-state index in [1.807, 2.05) is 17.4 Å². The second-order valence-electron chi connectivity index (χ2n) is 10.3. The maximum atomic E-state index is 13.3. The van der Waals surface area contributed by atoms with E-state index in [1.165, 1.54) is 12.1 Å². The molecular weight excluding hydrogens is 576 g/mol. The van der Waals surface area contributed by atoms with Gasteiger partial charge < -0.3 is 30.7 Å². The number of carboxylic acids is 1. The van der Waals surface area contributed by atoms with Crippen LogP contribution in [0, 0.1) is 6.92 Å². The number of ether oxygens (including phenoxy) is 1. The average molecular weight is 608 g/mol. The molecule has 1 saturated heterocycles. The maximum Gasteiger partial charge on any atom is 0.387 e. The number of anilines is 2. The van der Waals surface area contributed by atoms with Crippen molar-refractivity contribution in [2.24, 2.45) is 5.73 Å². The second-order valence-corrected chi connectivity index (χ2v) is 10.3. The first-order chi connectivity index (χ1) is 21.1. The van der Waals surface area contributed by atoms with E-state index in [0.717, 1.165) is 16.8 Å². The normalized spacial score (nSPS) is 14.1. The monoisotopic (exact) mass is 607 g/mol. The van der Waals surface area contributed by atoms with Gasteiger partial charge in [0.25, 0.3) is 5.91 Å². The van der Waals surface area contributed by atoms with E-state index in [2.05, 4.69) is 20.0 Å². The largest absolute Gasteiger partial charge is 0.480 e. The van der Waals surface area contributed by atoms with Crippen LogP contribution in [0.2, 0.25) is 0 Å². The molecule has 5 rings (SSSR count). The van der Waals surface area contributed by atoms with Gasteiger partial charge in [0.05, 0.1) is 11.9 Å². The minimum Gasteiger partial charge on any atom is -0.480 e. The van der Waals surface area contributed by atoms with Gasteiger partial charge in [-0.15, -0.1) is 0 Å². The number of nitrogens with two attached hydrogens (primary N) is 1. The number of hydrogen-bond acceptors (Lipinski definition) is 8. The molecule has 4 N–H and O–H groups in total. The van der Waals surface area contributed by atoms with Crippen LogP contribution in [0.15, 0.2) is 61.1 Å². The standard InChI is InChI=1S/C30H31F2N7O5/c1-18-16-20(4-7-22(18)28(41)38-14-12-37(13-15-38)25(40)9-8-23(33)29(42)43)36-26-27-35-17-24(39(27)11-10-34-26)19-2-5-21(6-3-19)44-30(31)32/h2-7,10-11,16-17,23,30H,8-9,12-15,33H2,1H3,(H,34,36)(H,42,43). The van der Waals surface area contributed by atoms with E-state index in [-0.39, 0.29) is 30.4 Å². The van der Waals surface area contributed by atoms with Gasteiger partial charge >= 0.3 is 12.6 Å². The van der Waals surface area contributed by atoms with Crippen molar-refractivity contribution in [3.63, 3.8) is 0 Å². The van der Waals surface area contributed by atoms with Crippen LogP contribution in [0.4, 0.5) is 20.3 Å². The minimum absolute atomic E-state index is 0.0454. The average Bonchev–Trinajstić information content (AvgIpc) is 3.45. The van der Waals surface area contributed by atoms with E-state index < -0.39 is 18.6 Å². The Bertz CT molecular complexity index is 1670. The highest BCUT2D eigenvalue weighted by Crippen LogP contribution is 2.28. The number of aryl methyl sites for hydroxylation is 1. The summed E-state index contributed by atoms with van der Waals surface area (Å²) in [6.45, 7) is 0.399. The molecule has 14 heteroatoms. The minimum atomic E-state index is -2.90. The van der Waals surface area contributed by atoms with Gasteiger partial charge in [0.15, 0.2) is 11.5 Å². The molecule has 1 fully saturated rings. The van der Waals surface area contributed by atoms with E-state index in [0.29, 0.717) is 48.9 Å². The molecule has 3 heterocycles. The van der Waals surface area contributed by atoms with Crippen molar-refractivity contribution >= 4 is 34.9 Å². The number of amides is 2. The van der Waals surface area contributed by atoms with Gasteiger partial charge in [-0.2, -0.15) is 8.78 Å². The first-order valence-electron chi connectivity index (χ1n) is 13.9. The lowest BCUT2D eigenvalue weighted by Gasteiger charge is -2.35. The zero-order valence-electron chi connectivity index (χ0n) is 23.8. The lowest BCUT2D eigenvalue weighted by Crippen LogP contribution is -2.50. The summed E-state index contributed by atoms with van der Waals surface area (Å²) in [7, 11) is 0. The first kappa shape index (κ1) is 30.4. The molecule has 0 saturated carbocycles. The highest BCUT2D eigenvalue weighted by molar-refractivity contribution is 5.96. The zero-order chi connectivity index (χ0) is 31.4. The van der Waals surface area contributed by atoms with Crippen LogP contribution in [-0.2, 0) is 9.59 Å². The van der Waals surface area contributed by atoms with Gasteiger partial charge in [-0.25, -0.2) is 9.97 Å². The lowest BCUT2D eigenvalue weighted by atomic mass is 10.1. The van der Waals surface area contributed by atoms with E-state index in [1.54, 1.807) is 52.7 Å². The highest BCUT2D eigenvalue weighted by atomic mass is 19.3. The summed E-state index contributed by atoms with van der Waals surface area (Å²) in [4.78, 5) is 48.9. The number of imidazole rings is 1. The fourth-order valence-electron chi connectivity index (χ4n) is 5.04. The van der Waals surface area contributed by atoms with E-state index in [4.69, 9.17) is 10.8 Å². The molecule has 0 aliphatic carbocycles. The van der Waals surface area contributed by atoms with Crippen molar-refractivity contribution in [1.82, 2.24) is 24.2 Å². The predicted octanol–water partition coefficient (Wildman–Crippen LogP) is 3.53. The topological polar surface area (TPSA) is 155 Å². The molecule has 2 amide bonds. The van der Waals surface area contributed by atoms with Gasteiger partial charge in [0, 0.05) is 61.8 Å². The van der Waals surface area contributed by atoms with Crippen LogP contribution in [0.3, 0.4) is 0 Å². The second kappa shape index (κ2) is 13.0. The van der Waals surface area contributed by atoms with Gasteiger partial charge in [0.1, 0.15) is 11.8 Å². The quantitative estimate of drug-likeness (QED) is 0.246. The Kier molecular flexibility index (Phi) is 8.99. The molecule has 1 aliphatic rings. The number of hydrogen-bond donors (Lipinski definition) is 3. The first-order valence-corrected chi connectivity index (χ1v) is 13.9. The zero-order valence-corrected chi connectivity index (χ0v) is 23.8. The molecule has 0 radical (unpaired) electrons. The molecule has 2 aromatic heterocycles. The smallest absolute Gasteiger partial charge is 0.387 e. The third kappa shape index (κ3) is 6.75. The number of nitrogens with zero attached hydrogens (tertiary/aromatic N) is 5. The number of nitrogens with one attached hydrogen (secondary N) is 1. The molecule has 1 aliphatic heterocycles. The number of carbonyl (C=O) groups excluding carboxylic acids is 2. The van der Waals surface area contributed by atoms with Crippen LogP contribution in [0.25, 0.3) is 16.9 Å². The fraction of sp³-hybridized carbons (Fsp3) is 0.300. The summed E-state index contributed by atoms with van der Waals surface area (Å²) in [6, 6.07) is 10.6. The summed E-state index contributed by atoms with van der Waals surface area (Å²) in [6.07, 6.45) is 5.14. The third-order valence-corrected chi connectivity index (χ3v) is 7.43. The van der Waals surface area contributed by atoms with Crippen LogP contribution in [-0.4, -0.2) is 85.9 Å². The fourth-order valence-corrected chi connectivity index (χ4v) is 5.04. The van der Waals surface area contributed by atoms with Gasteiger partial charge in [0.2, 0.25) is 5.91 Å². The molecule has 0 spiro atoms. The van der Waals surface area contributed by atoms with Crippen LogP contribution in [0.1, 0.15) is 28.8 Å². The predicted molar refractivity (Wildman–Crippen MR) is 157 cm³/mol. The summed E-state index contributed by atoms with van der Waals surface area (Å²) in [5.41, 5.74) is 9.52. The number of carbonyl (C=O) groups is 3. The number of aromatic nitrogens is 3. The van der Waals surface area contributed by atoms with Crippen molar-refractivity contribution in [2.75, 3.05) is 31.5 Å². The summed E-state index contributed by atoms with van der Waals surface area (Å²) < 4.78 is 31.2. The van der Waals surface area contributed by atoms with Crippen molar-refractivity contribution in [1.29, 1.82) is 0 Å². The summed E-state index contributed by atoms with van der Waals surface area (Å²) >= 11 is 0.